The standard InChI is InChI=1S/C12H15F3N2/c1-2-5-17(7-8-3-4-8)12-10(14)6-9(13)11(15)16-12/h6,8H,2-5,7H2,1H3. The molecule has 0 bridgehead atoms. The summed E-state index contributed by atoms with van der Waals surface area (Å²) in [6.45, 7) is 3.23. The zero-order valence-corrected chi connectivity index (χ0v) is 9.72. The van der Waals surface area contributed by atoms with Crippen LogP contribution in [0.25, 0.3) is 0 Å². The highest BCUT2D eigenvalue weighted by atomic mass is 19.2. The van der Waals surface area contributed by atoms with Crippen molar-refractivity contribution in [3.63, 3.8) is 0 Å². The summed E-state index contributed by atoms with van der Waals surface area (Å²) in [5.74, 6) is -2.81. The van der Waals surface area contributed by atoms with Gasteiger partial charge in [-0.25, -0.2) is 8.78 Å². The molecule has 0 N–H and O–H groups in total. The van der Waals surface area contributed by atoms with Crippen molar-refractivity contribution in [2.45, 2.75) is 26.2 Å². The molecule has 5 heteroatoms. The first-order valence-corrected chi connectivity index (χ1v) is 5.88. The van der Waals surface area contributed by atoms with Crippen LogP contribution in [0.4, 0.5) is 19.0 Å². The van der Waals surface area contributed by atoms with E-state index >= 15 is 0 Å². The lowest BCUT2D eigenvalue weighted by molar-refractivity contribution is 0.461. The molecule has 1 aliphatic rings. The van der Waals surface area contributed by atoms with Crippen molar-refractivity contribution in [1.29, 1.82) is 0 Å². The van der Waals surface area contributed by atoms with Gasteiger partial charge in [-0.05, 0) is 25.2 Å². The van der Waals surface area contributed by atoms with Gasteiger partial charge < -0.3 is 4.90 Å². The average molecular weight is 244 g/mol. The zero-order chi connectivity index (χ0) is 12.4. The summed E-state index contributed by atoms with van der Waals surface area (Å²) in [7, 11) is 0. The van der Waals surface area contributed by atoms with E-state index in [2.05, 4.69) is 4.98 Å². The van der Waals surface area contributed by atoms with Crippen LogP contribution >= 0.6 is 0 Å². The molecular weight excluding hydrogens is 229 g/mol. The van der Waals surface area contributed by atoms with E-state index in [4.69, 9.17) is 0 Å². The molecule has 1 saturated carbocycles. The quantitative estimate of drug-likeness (QED) is 0.740. The summed E-state index contributed by atoms with van der Waals surface area (Å²) in [5, 5.41) is 0. The fraction of sp³-hybridized carbons (Fsp3) is 0.583. The number of aromatic nitrogens is 1. The molecule has 0 saturated heterocycles. The maximum absolute atomic E-state index is 13.6. The van der Waals surface area contributed by atoms with Crippen molar-refractivity contribution in [3.8, 4) is 0 Å². The van der Waals surface area contributed by atoms with E-state index < -0.39 is 17.6 Å². The van der Waals surface area contributed by atoms with E-state index in [9.17, 15) is 13.2 Å². The second-order valence-electron chi connectivity index (χ2n) is 4.46. The number of anilines is 1. The Labute approximate surface area is 98.5 Å². The predicted octanol–water partition coefficient (Wildman–Crippen LogP) is 3.13. The van der Waals surface area contributed by atoms with Crippen molar-refractivity contribution < 1.29 is 13.2 Å². The van der Waals surface area contributed by atoms with E-state index in [0.29, 0.717) is 25.1 Å². The molecule has 1 heterocycles. The van der Waals surface area contributed by atoms with Crippen LogP contribution in [0, 0.1) is 23.5 Å². The minimum Gasteiger partial charge on any atom is -0.354 e. The third kappa shape index (κ3) is 2.90. The van der Waals surface area contributed by atoms with Gasteiger partial charge in [-0.15, -0.1) is 0 Å². The number of rotatable bonds is 5. The summed E-state index contributed by atoms with van der Waals surface area (Å²) < 4.78 is 39.4. The molecule has 0 radical (unpaired) electrons. The minimum atomic E-state index is -1.24. The summed E-state index contributed by atoms with van der Waals surface area (Å²) in [4.78, 5) is 5.09. The van der Waals surface area contributed by atoms with Gasteiger partial charge in [0.1, 0.15) is 0 Å². The first-order chi connectivity index (χ1) is 8.11. The number of halogens is 3. The Morgan fingerprint density at radius 3 is 2.59 bits per heavy atom. The van der Waals surface area contributed by atoms with Gasteiger partial charge in [0.05, 0.1) is 0 Å². The van der Waals surface area contributed by atoms with Crippen LogP contribution < -0.4 is 4.90 Å². The number of nitrogens with zero attached hydrogens (tertiary/aromatic N) is 2. The van der Waals surface area contributed by atoms with Crippen LogP contribution in [-0.4, -0.2) is 18.1 Å². The number of hydrogen-bond acceptors (Lipinski definition) is 2. The molecule has 0 unspecified atom stereocenters. The molecule has 0 spiro atoms. The predicted molar refractivity (Wildman–Crippen MR) is 59.3 cm³/mol. The molecule has 1 aliphatic carbocycles. The Hall–Kier alpha value is -1.26. The smallest absolute Gasteiger partial charge is 0.251 e. The second kappa shape index (κ2) is 4.94. The Bertz CT molecular complexity index is 405. The first-order valence-electron chi connectivity index (χ1n) is 5.88. The van der Waals surface area contributed by atoms with Crippen LogP contribution in [-0.2, 0) is 0 Å². The number of hydrogen-bond donors (Lipinski definition) is 0. The van der Waals surface area contributed by atoms with E-state index in [1.165, 1.54) is 0 Å². The van der Waals surface area contributed by atoms with Crippen molar-refractivity contribution in [2.24, 2.45) is 5.92 Å². The topological polar surface area (TPSA) is 16.1 Å². The molecule has 1 fully saturated rings. The molecular formula is C12H15F3N2. The lowest BCUT2D eigenvalue weighted by atomic mass is 10.3. The lowest BCUT2D eigenvalue weighted by Crippen LogP contribution is -2.28. The van der Waals surface area contributed by atoms with Gasteiger partial charge in [0.25, 0.3) is 5.95 Å². The Morgan fingerprint density at radius 1 is 1.29 bits per heavy atom. The van der Waals surface area contributed by atoms with Gasteiger partial charge in [0.2, 0.25) is 0 Å². The molecule has 0 atom stereocenters. The van der Waals surface area contributed by atoms with Crippen molar-refractivity contribution in [1.82, 2.24) is 4.98 Å². The Kier molecular flexibility index (Phi) is 3.54. The van der Waals surface area contributed by atoms with Gasteiger partial charge in [-0.1, -0.05) is 6.92 Å². The summed E-state index contributed by atoms with van der Waals surface area (Å²) in [6, 6.07) is 0.563. The summed E-state index contributed by atoms with van der Waals surface area (Å²) in [6.07, 6.45) is 3.05. The molecule has 0 aliphatic heterocycles. The first kappa shape index (κ1) is 12.2. The summed E-state index contributed by atoms with van der Waals surface area (Å²) in [5.41, 5.74) is 0. The molecule has 1 aromatic rings. The molecule has 0 aromatic carbocycles. The maximum Gasteiger partial charge on any atom is 0.251 e. The zero-order valence-electron chi connectivity index (χ0n) is 9.72. The van der Waals surface area contributed by atoms with Crippen LogP contribution in [0.15, 0.2) is 6.07 Å². The second-order valence-corrected chi connectivity index (χ2v) is 4.46. The molecule has 0 amide bonds. The molecule has 94 valence electrons. The van der Waals surface area contributed by atoms with Crippen LogP contribution in [0.3, 0.4) is 0 Å². The highest BCUT2D eigenvalue weighted by Gasteiger charge is 2.26. The van der Waals surface area contributed by atoms with Crippen molar-refractivity contribution in [2.75, 3.05) is 18.0 Å². The Balaban J connectivity index is 2.23. The van der Waals surface area contributed by atoms with Gasteiger partial charge in [-0.3, -0.25) is 0 Å². The molecule has 2 rings (SSSR count). The average Bonchev–Trinajstić information content (AvgIpc) is 3.07. The molecule has 2 nitrogen and oxygen atoms in total. The van der Waals surface area contributed by atoms with Gasteiger partial charge in [-0.2, -0.15) is 9.37 Å². The SMILES string of the molecule is CCCN(CC1CC1)c1nc(F)c(F)cc1F. The maximum atomic E-state index is 13.6. The van der Waals surface area contributed by atoms with Crippen LogP contribution in [0.5, 0.6) is 0 Å². The highest BCUT2D eigenvalue weighted by molar-refractivity contribution is 5.40. The van der Waals surface area contributed by atoms with Crippen molar-refractivity contribution in [3.05, 3.63) is 23.6 Å². The minimum absolute atomic E-state index is 0.0716. The van der Waals surface area contributed by atoms with Crippen molar-refractivity contribution >= 4 is 5.82 Å². The summed E-state index contributed by atoms with van der Waals surface area (Å²) >= 11 is 0. The van der Waals surface area contributed by atoms with Gasteiger partial charge >= 0.3 is 0 Å². The molecule has 1 aromatic heterocycles. The lowest BCUT2D eigenvalue weighted by Gasteiger charge is -2.23. The fourth-order valence-electron chi connectivity index (χ4n) is 1.82. The number of pyridine rings is 1. The van der Waals surface area contributed by atoms with E-state index in [1.807, 2.05) is 6.92 Å². The molecule has 17 heavy (non-hydrogen) atoms. The monoisotopic (exact) mass is 244 g/mol. The van der Waals surface area contributed by atoms with Gasteiger partial charge in [0, 0.05) is 19.2 Å². The van der Waals surface area contributed by atoms with Crippen LogP contribution in [0.1, 0.15) is 26.2 Å². The third-order valence-electron chi connectivity index (χ3n) is 2.84. The van der Waals surface area contributed by atoms with E-state index in [-0.39, 0.29) is 5.82 Å². The fourth-order valence-corrected chi connectivity index (χ4v) is 1.82. The highest BCUT2D eigenvalue weighted by Crippen LogP contribution is 2.31. The van der Waals surface area contributed by atoms with Crippen LogP contribution in [0.2, 0.25) is 0 Å². The largest absolute Gasteiger partial charge is 0.354 e. The van der Waals surface area contributed by atoms with E-state index in [1.54, 1.807) is 4.90 Å². The normalized spacial score (nSPS) is 15.1. The Morgan fingerprint density at radius 2 is 2.00 bits per heavy atom. The van der Waals surface area contributed by atoms with E-state index in [0.717, 1.165) is 19.3 Å². The third-order valence-corrected chi connectivity index (χ3v) is 2.84. The van der Waals surface area contributed by atoms with Gasteiger partial charge in [0.15, 0.2) is 17.5 Å².